The minimum absolute atomic E-state index is 0.108. The van der Waals surface area contributed by atoms with E-state index in [1.165, 1.54) is 11.3 Å². The summed E-state index contributed by atoms with van der Waals surface area (Å²) in [5.41, 5.74) is 0. The molecule has 18 heavy (non-hydrogen) atoms. The molecular weight excluding hydrogens is 270 g/mol. The van der Waals surface area contributed by atoms with Crippen molar-refractivity contribution in [3.05, 3.63) is 0 Å². The van der Waals surface area contributed by atoms with Crippen LogP contribution in [0.4, 0.5) is 5.13 Å². The molecule has 0 saturated carbocycles. The van der Waals surface area contributed by atoms with Gasteiger partial charge in [-0.05, 0) is 19.3 Å². The van der Waals surface area contributed by atoms with E-state index in [1.807, 2.05) is 0 Å². The minimum atomic E-state index is -0.320. The molecule has 2 atom stereocenters. The van der Waals surface area contributed by atoms with Crippen LogP contribution in [0.1, 0.15) is 33.1 Å². The molecule has 100 valence electrons. The van der Waals surface area contributed by atoms with Gasteiger partial charge in [0.2, 0.25) is 5.13 Å². The van der Waals surface area contributed by atoms with E-state index in [2.05, 4.69) is 29.4 Å². The first kappa shape index (κ1) is 13.8. The van der Waals surface area contributed by atoms with Crippen molar-refractivity contribution < 1.29 is 9.53 Å². The average molecular weight is 287 g/mol. The van der Waals surface area contributed by atoms with Gasteiger partial charge in [-0.25, -0.2) is 0 Å². The van der Waals surface area contributed by atoms with Gasteiger partial charge in [0.05, 0.1) is 0 Å². The van der Waals surface area contributed by atoms with Crippen LogP contribution in [0.3, 0.4) is 0 Å². The van der Waals surface area contributed by atoms with E-state index < -0.39 is 0 Å². The van der Waals surface area contributed by atoms with E-state index in [0.717, 1.165) is 23.6 Å². The second kappa shape index (κ2) is 6.49. The van der Waals surface area contributed by atoms with Gasteiger partial charge in [-0.3, -0.25) is 10.1 Å². The van der Waals surface area contributed by atoms with E-state index >= 15 is 0 Å². The Labute approximate surface area is 115 Å². The number of hydrogen-bond acceptors (Lipinski definition) is 6. The number of carbonyl (C=O) groups is 1. The maximum Gasteiger partial charge on any atom is 0.255 e. The molecular formula is C11H17N3O2S2. The first-order valence-electron chi connectivity index (χ1n) is 6.11. The van der Waals surface area contributed by atoms with E-state index in [1.54, 1.807) is 11.8 Å². The number of nitrogens with zero attached hydrogens (tertiary/aromatic N) is 2. The summed E-state index contributed by atoms with van der Waals surface area (Å²) in [6.45, 7) is 4.96. The molecule has 1 fully saturated rings. The van der Waals surface area contributed by atoms with E-state index in [4.69, 9.17) is 4.74 Å². The minimum Gasteiger partial charge on any atom is -0.368 e. The number of anilines is 1. The summed E-state index contributed by atoms with van der Waals surface area (Å²) in [5, 5.41) is 11.9. The summed E-state index contributed by atoms with van der Waals surface area (Å²) in [6.07, 6.45) is 2.50. The molecule has 0 spiro atoms. The lowest BCUT2D eigenvalue weighted by atomic mass is 10.2. The average Bonchev–Trinajstić information content (AvgIpc) is 3.00. The summed E-state index contributed by atoms with van der Waals surface area (Å²) in [4.78, 5) is 11.8. The Bertz CT molecular complexity index is 405. The highest BCUT2D eigenvalue weighted by molar-refractivity contribution is 8.01. The molecule has 1 saturated heterocycles. The molecule has 1 N–H and O–H groups in total. The van der Waals surface area contributed by atoms with Crippen LogP contribution in [-0.4, -0.2) is 34.1 Å². The number of thioether (sulfide) groups is 1. The molecule has 1 aliphatic heterocycles. The van der Waals surface area contributed by atoms with Crippen molar-refractivity contribution in [1.29, 1.82) is 0 Å². The quantitative estimate of drug-likeness (QED) is 0.666. The van der Waals surface area contributed by atoms with Crippen LogP contribution in [0, 0.1) is 0 Å². The Kier molecular flexibility index (Phi) is 4.96. The molecule has 0 aliphatic carbocycles. The topological polar surface area (TPSA) is 64.1 Å². The molecule has 7 heteroatoms. The van der Waals surface area contributed by atoms with Gasteiger partial charge < -0.3 is 4.74 Å². The largest absolute Gasteiger partial charge is 0.368 e. The summed E-state index contributed by atoms with van der Waals surface area (Å²) >= 11 is 3.10. The molecule has 1 aromatic heterocycles. The van der Waals surface area contributed by atoms with Crippen molar-refractivity contribution >= 4 is 34.1 Å². The molecule has 2 heterocycles. The Morgan fingerprint density at radius 3 is 3.17 bits per heavy atom. The Balaban J connectivity index is 1.87. The highest BCUT2D eigenvalue weighted by Gasteiger charge is 2.24. The number of nitrogens with one attached hydrogen (secondary N) is 1. The lowest BCUT2D eigenvalue weighted by molar-refractivity contribution is -0.124. The van der Waals surface area contributed by atoms with Crippen molar-refractivity contribution in [1.82, 2.24) is 10.2 Å². The van der Waals surface area contributed by atoms with Gasteiger partial charge in [-0.1, -0.05) is 36.9 Å². The van der Waals surface area contributed by atoms with Gasteiger partial charge in [0.25, 0.3) is 5.91 Å². The van der Waals surface area contributed by atoms with Crippen LogP contribution in [0.5, 0.6) is 0 Å². The lowest BCUT2D eigenvalue weighted by Crippen LogP contribution is -2.26. The second-order valence-corrected chi connectivity index (χ2v) is 6.86. The Hall–Kier alpha value is -0.660. The van der Waals surface area contributed by atoms with Crippen LogP contribution in [-0.2, 0) is 9.53 Å². The molecule has 1 aromatic rings. The first-order chi connectivity index (χ1) is 8.69. The van der Waals surface area contributed by atoms with E-state index in [-0.39, 0.29) is 12.0 Å². The third-order valence-corrected chi connectivity index (χ3v) is 4.93. The Morgan fingerprint density at radius 1 is 1.67 bits per heavy atom. The fraction of sp³-hybridized carbons (Fsp3) is 0.727. The molecule has 0 aromatic carbocycles. The van der Waals surface area contributed by atoms with E-state index in [9.17, 15) is 4.79 Å². The number of rotatable bonds is 5. The number of hydrogen-bond donors (Lipinski definition) is 1. The van der Waals surface area contributed by atoms with Crippen LogP contribution in [0.25, 0.3) is 0 Å². The maximum absolute atomic E-state index is 11.8. The predicted octanol–water partition coefficient (Wildman–Crippen LogP) is 2.55. The zero-order valence-electron chi connectivity index (χ0n) is 10.5. The summed E-state index contributed by atoms with van der Waals surface area (Å²) in [5.74, 6) is -0.108. The number of amides is 1. The Morgan fingerprint density at radius 2 is 2.50 bits per heavy atom. The molecule has 0 radical (unpaired) electrons. The van der Waals surface area contributed by atoms with Crippen LogP contribution in [0.15, 0.2) is 4.34 Å². The SMILES string of the molecule is CC[C@@H](C)Sc1nnc(NC(=O)[C@H]2CCCO2)s1. The molecule has 1 amide bonds. The van der Waals surface area contributed by atoms with Crippen molar-refractivity contribution in [2.24, 2.45) is 0 Å². The zero-order valence-corrected chi connectivity index (χ0v) is 12.1. The molecule has 0 unspecified atom stereocenters. The smallest absolute Gasteiger partial charge is 0.255 e. The molecule has 1 aliphatic rings. The van der Waals surface area contributed by atoms with Crippen molar-refractivity contribution in [3.8, 4) is 0 Å². The van der Waals surface area contributed by atoms with Crippen LogP contribution in [0.2, 0.25) is 0 Å². The van der Waals surface area contributed by atoms with E-state index in [0.29, 0.717) is 17.0 Å². The van der Waals surface area contributed by atoms with Gasteiger partial charge >= 0.3 is 0 Å². The van der Waals surface area contributed by atoms with Gasteiger partial charge in [-0.15, -0.1) is 10.2 Å². The second-order valence-electron chi connectivity index (χ2n) is 4.20. The standard InChI is InChI=1S/C11H17N3O2S2/c1-3-7(2)17-11-14-13-10(18-11)12-9(15)8-5-4-6-16-8/h7-8H,3-6H2,1-2H3,(H,12,13,15)/t7-,8-/m1/s1. The number of carbonyl (C=O) groups excluding carboxylic acids is 1. The summed E-state index contributed by atoms with van der Waals surface area (Å²) < 4.78 is 6.21. The van der Waals surface area contributed by atoms with Gasteiger partial charge in [-0.2, -0.15) is 0 Å². The highest BCUT2D eigenvalue weighted by atomic mass is 32.2. The van der Waals surface area contributed by atoms with Crippen molar-refractivity contribution in [3.63, 3.8) is 0 Å². The predicted molar refractivity (Wildman–Crippen MR) is 73.1 cm³/mol. The van der Waals surface area contributed by atoms with Crippen LogP contribution < -0.4 is 5.32 Å². The normalized spacial score (nSPS) is 20.9. The van der Waals surface area contributed by atoms with Crippen molar-refractivity contribution in [2.45, 2.75) is 48.8 Å². The molecule has 2 rings (SSSR count). The van der Waals surface area contributed by atoms with Gasteiger partial charge in [0, 0.05) is 11.9 Å². The third kappa shape index (κ3) is 3.66. The molecule has 0 bridgehead atoms. The highest BCUT2D eigenvalue weighted by Crippen LogP contribution is 2.30. The fourth-order valence-electron chi connectivity index (χ4n) is 1.53. The number of ether oxygens (including phenoxy) is 1. The number of aromatic nitrogens is 2. The maximum atomic E-state index is 11.8. The lowest BCUT2D eigenvalue weighted by Gasteiger charge is -2.07. The van der Waals surface area contributed by atoms with Crippen LogP contribution >= 0.6 is 23.1 Å². The van der Waals surface area contributed by atoms with Gasteiger partial charge in [0.1, 0.15) is 6.10 Å². The third-order valence-electron chi connectivity index (χ3n) is 2.74. The zero-order chi connectivity index (χ0) is 13.0. The molecule has 5 nitrogen and oxygen atoms in total. The fourth-order valence-corrected chi connectivity index (χ4v) is 3.53. The summed E-state index contributed by atoms with van der Waals surface area (Å²) in [6, 6.07) is 0. The van der Waals surface area contributed by atoms with Crippen molar-refractivity contribution in [2.75, 3.05) is 11.9 Å². The first-order valence-corrected chi connectivity index (χ1v) is 7.81. The van der Waals surface area contributed by atoms with Gasteiger partial charge in [0.15, 0.2) is 4.34 Å². The monoisotopic (exact) mass is 287 g/mol. The summed E-state index contributed by atoms with van der Waals surface area (Å²) in [7, 11) is 0.